The lowest BCUT2D eigenvalue weighted by Crippen LogP contribution is -2.44. The summed E-state index contributed by atoms with van der Waals surface area (Å²) in [5.41, 5.74) is 0. The van der Waals surface area contributed by atoms with Crippen molar-refractivity contribution in [2.24, 2.45) is 5.92 Å². The maximum absolute atomic E-state index is 10.0. The van der Waals surface area contributed by atoms with E-state index in [2.05, 4.69) is 10.2 Å². The molecular formula is C12H24N2O. The number of nitrogens with one attached hydrogen (secondary N) is 1. The van der Waals surface area contributed by atoms with Gasteiger partial charge in [0.2, 0.25) is 0 Å². The molecule has 88 valence electrons. The van der Waals surface area contributed by atoms with E-state index < -0.39 is 0 Å². The zero-order valence-corrected chi connectivity index (χ0v) is 9.62. The number of piperazine rings is 1. The van der Waals surface area contributed by atoms with Crippen LogP contribution in [-0.2, 0) is 0 Å². The molecule has 0 amide bonds. The molecule has 0 aromatic rings. The van der Waals surface area contributed by atoms with Gasteiger partial charge in [0.1, 0.15) is 0 Å². The van der Waals surface area contributed by atoms with Gasteiger partial charge in [0.15, 0.2) is 0 Å². The van der Waals surface area contributed by atoms with Crippen molar-refractivity contribution >= 4 is 0 Å². The van der Waals surface area contributed by atoms with Crippen LogP contribution < -0.4 is 5.32 Å². The number of aliphatic hydroxyl groups is 1. The third-order valence-electron chi connectivity index (χ3n) is 3.89. The highest BCUT2D eigenvalue weighted by atomic mass is 16.3. The molecule has 0 spiro atoms. The highest BCUT2D eigenvalue weighted by molar-refractivity contribution is 4.76. The molecule has 3 nitrogen and oxygen atoms in total. The summed E-state index contributed by atoms with van der Waals surface area (Å²) in [6.07, 6.45) is 6.10. The van der Waals surface area contributed by atoms with Crippen molar-refractivity contribution in [2.75, 3.05) is 32.7 Å². The lowest BCUT2D eigenvalue weighted by Gasteiger charge is -2.28. The highest BCUT2D eigenvalue weighted by Gasteiger charge is 2.23. The Morgan fingerprint density at radius 2 is 1.87 bits per heavy atom. The molecule has 1 saturated carbocycles. The van der Waals surface area contributed by atoms with Gasteiger partial charge in [0.05, 0.1) is 6.10 Å². The van der Waals surface area contributed by atoms with Crippen LogP contribution in [0.15, 0.2) is 0 Å². The van der Waals surface area contributed by atoms with Gasteiger partial charge in [0, 0.05) is 32.7 Å². The largest absolute Gasteiger partial charge is 0.393 e. The average molecular weight is 212 g/mol. The van der Waals surface area contributed by atoms with E-state index in [-0.39, 0.29) is 6.10 Å². The van der Waals surface area contributed by atoms with E-state index >= 15 is 0 Å². The monoisotopic (exact) mass is 212 g/mol. The number of rotatable bonds is 4. The van der Waals surface area contributed by atoms with Crippen molar-refractivity contribution in [3.05, 3.63) is 0 Å². The van der Waals surface area contributed by atoms with Crippen LogP contribution >= 0.6 is 0 Å². The van der Waals surface area contributed by atoms with E-state index in [1.54, 1.807) is 0 Å². The molecule has 1 atom stereocenters. The Morgan fingerprint density at radius 3 is 2.53 bits per heavy atom. The summed E-state index contributed by atoms with van der Waals surface area (Å²) in [6, 6.07) is 0. The van der Waals surface area contributed by atoms with Gasteiger partial charge in [-0.05, 0) is 25.2 Å². The molecule has 1 aliphatic carbocycles. The van der Waals surface area contributed by atoms with Crippen molar-refractivity contribution < 1.29 is 5.11 Å². The molecule has 0 aromatic carbocycles. The number of nitrogens with zero attached hydrogens (tertiary/aromatic N) is 1. The Kier molecular flexibility index (Phi) is 4.42. The van der Waals surface area contributed by atoms with E-state index in [4.69, 9.17) is 0 Å². The van der Waals surface area contributed by atoms with Crippen LogP contribution in [0.3, 0.4) is 0 Å². The van der Waals surface area contributed by atoms with Crippen LogP contribution in [0.2, 0.25) is 0 Å². The maximum Gasteiger partial charge on any atom is 0.0580 e. The molecule has 0 aromatic heterocycles. The first-order valence-electron chi connectivity index (χ1n) is 6.47. The summed E-state index contributed by atoms with van der Waals surface area (Å²) < 4.78 is 0. The Bertz CT molecular complexity index is 174. The van der Waals surface area contributed by atoms with Gasteiger partial charge >= 0.3 is 0 Å². The van der Waals surface area contributed by atoms with Gasteiger partial charge in [-0.1, -0.05) is 12.8 Å². The minimum Gasteiger partial charge on any atom is -0.393 e. The van der Waals surface area contributed by atoms with Crippen molar-refractivity contribution in [1.82, 2.24) is 10.2 Å². The van der Waals surface area contributed by atoms with Gasteiger partial charge in [-0.25, -0.2) is 0 Å². The standard InChI is InChI=1S/C12H24N2O/c15-12(11-3-1-2-4-11)5-8-14-9-6-13-7-10-14/h11-13,15H,1-10H2. The van der Waals surface area contributed by atoms with Crippen molar-refractivity contribution in [3.8, 4) is 0 Å². The first-order chi connectivity index (χ1) is 7.36. The lowest BCUT2D eigenvalue weighted by atomic mass is 9.98. The second-order valence-corrected chi connectivity index (χ2v) is 4.99. The average Bonchev–Trinajstić information content (AvgIpc) is 2.81. The Morgan fingerprint density at radius 1 is 1.20 bits per heavy atom. The van der Waals surface area contributed by atoms with Crippen LogP contribution in [0, 0.1) is 5.92 Å². The first kappa shape index (κ1) is 11.4. The predicted octanol–water partition coefficient (Wildman–Crippen LogP) is 0.833. The molecule has 3 heteroatoms. The van der Waals surface area contributed by atoms with E-state index in [9.17, 15) is 5.11 Å². The summed E-state index contributed by atoms with van der Waals surface area (Å²) in [7, 11) is 0. The van der Waals surface area contributed by atoms with Crippen LogP contribution in [-0.4, -0.2) is 48.8 Å². The van der Waals surface area contributed by atoms with Crippen LogP contribution in [0.4, 0.5) is 0 Å². The molecule has 2 rings (SSSR count). The number of aliphatic hydroxyl groups excluding tert-OH is 1. The summed E-state index contributed by atoms with van der Waals surface area (Å²) in [5.74, 6) is 0.605. The van der Waals surface area contributed by atoms with Crippen LogP contribution in [0.5, 0.6) is 0 Å². The van der Waals surface area contributed by atoms with Gasteiger partial charge in [-0.2, -0.15) is 0 Å². The summed E-state index contributed by atoms with van der Waals surface area (Å²) >= 11 is 0. The zero-order valence-electron chi connectivity index (χ0n) is 9.62. The van der Waals surface area contributed by atoms with E-state index in [0.717, 1.165) is 39.1 Å². The minimum absolute atomic E-state index is 0.0395. The molecule has 1 saturated heterocycles. The lowest BCUT2D eigenvalue weighted by molar-refractivity contribution is 0.0851. The van der Waals surface area contributed by atoms with Gasteiger partial charge in [-0.3, -0.25) is 0 Å². The van der Waals surface area contributed by atoms with Crippen molar-refractivity contribution in [2.45, 2.75) is 38.2 Å². The van der Waals surface area contributed by atoms with Gasteiger partial charge in [-0.15, -0.1) is 0 Å². The zero-order chi connectivity index (χ0) is 10.5. The van der Waals surface area contributed by atoms with Gasteiger partial charge < -0.3 is 15.3 Å². The van der Waals surface area contributed by atoms with E-state index in [1.807, 2.05) is 0 Å². The number of hydrogen-bond donors (Lipinski definition) is 2. The summed E-state index contributed by atoms with van der Waals surface area (Å²) in [4.78, 5) is 2.47. The molecule has 2 fully saturated rings. The fraction of sp³-hybridized carbons (Fsp3) is 1.00. The van der Waals surface area contributed by atoms with Crippen molar-refractivity contribution in [3.63, 3.8) is 0 Å². The maximum atomic E-state index is 10.0. The predicted molar refractivity (Wildman–Crippen MR) is 61.9 cm³/mol. The molecule has 1 unspecified atom stereocenters. The topological polar surface area (TPSA) is 35.5 Å². The quantitative estimate of drug-likeness (QED) is 0.724. The summed E-state index contributed by atoms with van der Waals surface area (Å²) in [5, 5.41) is 13.4. The van der Waals surface area contributed by atoms with Gasteiger partial charge in [0.25, 0.3) is 0 Å². The summed E-state index contributed by atoms with van der Waals surface area (Å²) in [6.45, 7) is 5.60. The van der Waals surface area contributed by atoms with Crippen LogP contribution in [0.25, 0.3) is 0 Å². The Hall–Kier alpha value is -0.120. The molecular weight excluding hydrogens is 188 g/mol. The third kappa shape index (κ3) is 3.44. The normalized spacial score (nSPS) is 27.0. The van der Waals surface area contributed by atoms with E-state index in [0.29, 0.717) is 5.92 Å². The van der Waals surface area contributed by atoms with E-state index in [1.165, 1.54) is 25.7 Å². The second-order valence-electron chi connectivity index (χ2n) is 4.99. The molecule has 1 heterocycles. The molecule has 15 heavy (non-hydrogen) atoms. The fourth-order valence-electron chi connectivity index (χ4n) is 2.83. The Balaban J connectivity index is 1.63. The van der Waals surface area contributed by atoms with Crippen LogP contribution in [0.1, 0.15) is 32.1 Å². The molecule has 1 aliphatic heterocycles. The highest BCUT2D eigenvalue weighted by Crippen LogP contribution is 2.28. The molecule has 0 bridgehead atoms. The molecule has 0 radical (unpaired) electrons. The smallest absolute Gasteiger partial charge is 0.0580 e. The number of hydrogen-bond acceptors (Lipinski definition) is 3. The first-order valence-corrected chi connectivity index (χ1v) is 6.47. The SMILES string of the molecule is OC(CCN1CCNCC1)C1CCCC1. The second kappa shape index (κ2) is 5.83. The third-order valence-corrected chi connectivity index (χ3v) is 3.89. The van der Waals surface area contributed by atoms with Crippen molar-refractivity contribution in [1.29, 1.82) is 0 Å². The fourth-order valence-corrected chi connectivity index (χ4v) is 2.83. The molecule has 2 N–H and O–H groups in total. The minimum atomic E-state index is -0.0395. The Labute approximate surface area is 92.8 Å². The molecule has 2 aliphatic rings.